The second-order valence-electron chi connectivity index (χ2n) is 7.60. The van der Waals surface area contributed by atoms with Gasteiger partial charge >= 0.3 is 0 Å². The zero-order valence-electron chi connectivity index (χ0n) is 16.0. The standard InChI is InChI=1S/C22H23NO5S/c24-21(23(18-8-9-18)19-12-13-29(26,27)15-19)14-28-20-10-6-17(7-11-20)22(25)16-4-2-1-3-5-16/h1-7,10-11,18-19H,8-9,12-15H2/t19-/m0/s1. The maximum absolute atomic E-state index is 12.7. The van der Waals surface area contributed by atoms with Crippen molar-refractivity contribution in [3.05, 3.63) is 65.7 Å². The predicted molar refractivity (Wildman–Crippen MR) is 109 cm³/mol. The van der Waals surface area contributed by atoms with Crippen LogP contribution in [-0.2, 0) is 14.6 Å². The smallest absolute Gasteiger partial charge is 0.261 e. The molecular formula is C22H23NO5S. The van der Waals surface area contributed by atoms with E-state index in [2.05, 4.69) is 0 Å². The summed E-state index contributed by atoms with van der Waals surface area (Å²) in [7, 11) is -3.05. The zero-order valence-corrected chi connectivity index (χ0v) is 16.8. The Balaban J connectivity index is 1.37. The Morgan fingerprint density at radius 2 is 1.55 bits per heavy atom. The van der Waals surface area contributed by atoms with E-state index >= 15 is 0 Å². The third-order valence-corrected chi connectivity index (χ3v) is 7.10. The van der Waals surface area contributed by atoms with E-state index in [9.17, 15) is 18.0 Å². The number of amides is 1. The number of sulfone groups is 1. The van der Waals surface area contributed by atoms with Crippen LogP contribution in [-0.4, -0.2) is 55.2 Å². The van der Waals surface area contributed by atoms with E-state index in [0.717, 1.165) is 12.8 Å². The van der Waals surface area contributed by atoms with Gasteiger partial charge < -0.3 is 9.64 Å². The summed E-state index contributed by atoms with van der Waals surface area (Å²) in [5.74, 6) is 0.435. The molecule has 1 heterocycles. The van der Waals surface area contributed by atoms with Crippen LogP contribution in [0.25, 0.3) is 0 Å². The van der Waals surface area contributed by atoms with E-state index in [1.807, 2.05) is 18.2 Å². The van der Waals surface area contributed by atoms with Gasteiger partial charge in [0.15, 0.2) is 22.2 Å². The third kappa shape index (κ3) is 4.67. The Bertz CT molecular complexity index is 997. The SMILES string of the molecule is O=C(c1ccccc1)c1ccc(OCC(=O)N(C2CC2)[C@H]2CCS(=O)(=O)C2)cc1. The molecule has 6 nitrogen and oxygen atoms in total. The predicted octanol–water partition coefficient (Wildman–Crippen LogP) is 2.47. The lowest BCUT2D eigenvalue weighted by Gasteiger charge is -2.28. The van der Waals surface area contributed by atoms with Gasteiger partial charge in [-0.05, 0) is 43.5 Å². The normalized spacial score (nSPS) is 20.2. The van der Waals surface area contributed by atoms with E-state index in [1.54, 1.807) is 41.3 Å². The van der Waals surface area contributed by atoms with Crippen LogP contribution in [0.1, 0.15) is 35.2 Å². The van der Waals surface area contributed by atoms with Gasteiger partial charge in [0, 0.05) is 23.2 Å². The van der Waals surface area contributed by atoms with Crippen LogP contribution in [0.15, 0.2) is 54.6 Å². The number of ether oxygens (including phenoxy) is 1. The third-order valence-electron chi connectivity index (χ3n) is 5.34. The lowest BCUT2D eigenvalue weighted by molar-refractivity contribution is -0.135. The number of ketones is 1. The van der Waals surface area contributed by atoms with Gasteiger partial charge in [0.1, 0.15) is 5.75 Å². The summed E-state index contributed by atoms with van der Waals surface area (Å²) in [6.45, 7) is -0.140. The molecule has 1 atom stereocenters. The topological polar surface area (TPSA) is 80.8 Å². The van der Waals surface area contributed by atoms with Crippen molar-refractivity contribution in [2.75, 3.05) is 18.1 Å². The molecule has 1 amide bonds. The molecule has 0 aromatic heterocycles. The van der Waals surface area contributed by atoms with Crippen molar-refractivity contribution in [3.63, 3.8) is 0 Å². The minimum Gasteiger partial charge on any atom is -0.484 e. The zero-order chi connectivity index (χ0) is 20.4. The Morgan fingerprint density at radius 1 is 0.897 bits per heavy atom. The van der Waals surface area contributed by atoms with Crippen molar-refractivity contribution in [2.24, 2.45) is 0 Å². The Kier molecular flexibility index (Phi) is 5.41. The van der Waals surface area contributed by atoms with Crippen LogP contribution >= 0.6 is 0 Å². The molecule has 1 aliphatic carbocycles. The lowest BCUT2D eigenvalue weighted by Crippen LogP contribution is -2.45. The van der Waals surface area contributed by atoms with Gasteiger partial charge in [0.2, 0.25) is 0 Å². The fourth-order valence-corrected chi connectivity index (χ4v) is 5.44. The Labute approximate surface area is 170 Å². The van der Waals surface area contributed by atoms with Crippen molar-refractivity contribution in [3.8, 4) is 5.75 Å². The van der Waals surface area contributed by atoms with Crippen LogP contribution in [0.4, 0.5) is 0 Å². The summed E-state index contributed by atoms with van der Waals surface area (Å²) in [5, 5.41) is 0. The number of carbonyl (C=O) groups excluding carboxylic acids is 2. The second-order valence-corrected chi connectivity index (χ2v) is 9.83. The molecule has 29 heavy (non-hydrogen) atoms. The fraction of sp³-hybridized carbons (Fsp3) is 0.364. The van der Waals surface area contributed by atoms with Gasteiger partial charge in [0.25, 0.3) is 5.91 Å². The van der Waals surface area contributed by atoms with E-state index < -0.39 is 9.84 Å². The van der Waals surface area contributed by atoms with Crippen molar-refractivity contribution in [2.45, 2.75) is 31.3 Å². The summed E-state index contributed by atoms with van der Waals surface area (Å²) in [6, 6.07) is 15.6. The molecule has 2 aromatic carbocycles. The van der Waals surface area contributed by atoms with Gasteiger partial charge in [-0.3, -0.25) is 9.59 Å². The molecule has 0 spiro atoms. The Hall–Kier alpha value is -2.67. The molecule has 0 unspecified atom stereocenters. The summed E-state index contributed by atoms with van der Waals surface area (Å²) in [5.41, 5.74) is 1.16. The van der Waals surface area contributed by atoms with Crippen LogP contribution in [0.3, 0.4) is 0 Å². The van der Waals surface area contributed by atoms with E-state index in [1.165, 1.54) is 0 Å². The van der Waals surface area contributed by atoms with E-state index in [4.69, 9.17) is 4.74 Å². The number of hydrogen-bond donors (Lipinski definition) is 0. The molecule has 1 aliphatic heterocycles. The lowest BCUT2D eigenvalue weighted by atomic mass is 10.0. The average molecular weight is 413 g/mol. The largest absolute Gasteiger partial charge is 0.484 e. The molecule has 0 radical (unpaired) electrons. The number of nitrogens with zero attached hydrogens (tertiary/aromatic N) is 1. The molecule has 0 bridgehead atoms. The molecular weight excluding hydrogens is 390 g/mol. The van der Waals surface area contributed by atoms with Crippen molar-refractivity contribution in [1.82, 2.24) is 4.90 Å². The average Bonchev–Trinajstić information content (AvgIpc) is 3.49. The first-order valence-electron chi connectivity index (χ1n) is 9.77. The molecule has 0 N–H and O–H groups in total. The van der Waals surface area contributed by atoms with E-state index in [-0.39, 0.29) is 41.9 Å². The number of carbonyl (C=O) groups is 2. The fourth-order valence-electron chi connectivity index (χ4n) is 3.73. The van der Waals surface area contributed by atoms with Crippen LogP contribution < -0.4 is 4.74 Å². The molecule has 1 saturated carbocycles. The van der Waals surface area contributed by atoms with Gasteiger partial charge in [-0.2, -0.15) is 0 Å². The van der Waals surface area contributed by atoms with Crippen LogP contribution in [0.5, 0.6) is 5.75 Å². The molecule has 2 aliphatic rings. The monoisotopic (exact) mass is 413 g/mol. The van der Waals surface area contributed by atoms with Gasteiger partial charge in [-0.25, -0.2) is 8.42 Å². The number of hydrogen-bond acceptors (Lipinski definition) is 5. The maximum atomic E-state index is 12.7. The highest BCUT2D eigenvalue weighted by molar-refractivity contribution is 7.91. The molecule has 2 fully saturated rings. The van der Waals surface area contributed by atoms with Crippen molar-refractivity contribution < 1.29 is 22.7 Å². The summed E-state index contributed by atoms with van der Waals surface area (Å²) in [4.78, 5) is 26.9. The highest BCUT2D eigenvalue weighted by Gasteiger charge is 2.42. The van der Waals surface area contributed by atoms with Gasteiger partial charge in [-0.1, -0.05) is 30.3 Å². The molecule has 7 heteroatoms. The quantitative estimate of drug-likeness (QED) is 0.652. The number of benzene rings is 2. The van der Waals surface area contributed by atoms with E-state index in [0.29, 0.717) is 23.3 Å². The first kappa shape index (κ1) is 19.6. The minimum absolute atomic E-state index is 0.0472. The second kappa shape index (κ2) is 7.99. The van der Waals surface area contributed by atoms with Crippen molar-refractivity contribution >= 4 is 21.5 Å². The first-order valence-corrected chi connectivity index (χ1v) is 11.6. The maximum Gasteiger partial charge on any atom is 0.261 e. The molecule has 2 aromatic rings. The number of rotatable bonds is 7. The van der Waals surface area contributed by atoms with Gasteiger partial charge in [0.05, 0.1) is 11.5 Å². The summed E-state index contributed by atoms with van der Waals surface area (Å²) in [6.07, 6.45) is 2.33. The summed E-state index contributed by atoms with van der Waals surface area (Å²) >= 11 is 0. The highest BCUT2D eigenvalue weighted by Crippen LogP contribution is 2.32. The molecule has 4 rings (SSSR count). The van der Waals surface area contributed by atoms with Gasteiger partial charge in [-0.15, -0.1) is 0 Å². The first-order chi connectivity index (χ1) is 13.9. The highest BCUT2D eigenvalue weighted by atomic mass is 32.2. The van der Waals surface area contributed by atoms with Crippen LogP contribution in [0.2, 0.25) is 0 Å². The molecule has 1 saturated heterocycles. The summed E-state index contributed by atoms with van der Waals surface area (Å²) < 4.78 is 29.2. The van der Waals surface area contributed by atoms with Crippen molar-refractivity contribution in [1.29, 1.82) is 0 Å². The minimum atomic E-state index is -3.05. The Morgan fingerprint density at radius 3 is 2.14 bits per heavy atom. The van der Waals surface area contributed by atoms with Crippen LogP contribution in [0, 0.1) is 0 Å². The molecule has 152 valence electrons.